The summed E-state index contributed by atoms with van der Waals surface area (Å²) in [6.07, 6.45) is 5.39. The molecule has 0 radical (unpaired) electrons. The molecule has 1 aliphatic carbocycles. The minimum absolute atomic E-state index is 0.130. The molecule has 208 valence electrons. The third-order valence-corrected chi connectivity index (χ3v) is 6.79. The predicted octanol–water partition coefficient (Wildman–Crippen LogP) is 4.62. The lowest BCUT2D eigenvalue weighted by Crippen LogP contribution is -2.54. The highest BCUT2D eigenvalue weighted by molar-refractivity contribution is 6.00. The summed E-state index contributed by atoms with van der Waals surface area (Å²) in [7, 11) is 0. The number of carbonyl (C=O) groups excluding carboxylic acids is 3. The van der Waals surface area contributed by atoms with Crippen LogP contribution in [-0.4, -0.2) is 52.2 Å². The van der Waals surface area contributed by atoms with Crippen LogP contribution in [0.3, 0.4) is 0 Å². The zero-order chi connectivity index (χ0) is 29.0. The van der Waals surface area contributed by atoms with E-state index in [0.29, 0.717) is 23.2 Å². The molecule has 4 atom stereocenters. The molecule has 1 aliphatic rings. The second kappa shape index (κ2) is 11.8. The van der Waals surface area contributed by atoms with E-state index < -0.39 is 42.2 Å². The summed E-state index contributed by atoms with van der Waals surface area (Å²) in [5, 5.41) is 17.6. The second-order valence-corrected chi connectivity index (χ2v) is 11.1. The number of benzene rings is 3. The Labute approximate surface area is 234 Å². The largest absolute Gasteiger partial charge is 0.444 e. The van der Waals surface area contributed by atoms with Crippen LogP contribution >= 0.6 is 0 Å². The molecule has 4 unspecified atom stereocenters. The zero-order valence-corrected chi connectivity index (χ0v) is 23.2. The summed E-state index contributed by atoms with van der Waals surface area (Å²) >= 11 is 0. The van der Waals surface area contributed by atoms with Gasteiger partial charge in [0.1, 0.15) is 17.7 Å². The van der Waals surface area contributed by atoms with Crippen molar-refractivity contribution in [3.8, 4) is 12.3 Å². The van der Waals surface area contributed by atoms with Crippen molar-refractivity contribution in [1.29, 1.82) is 0 Å². The zero-order valence-electron chi connectivity index (χ0n) is 23.2. The van der Waals surface area contributed by atoms with Crippen LogP contribution in [0.5, 0.6) is 0 Å². The molecule has 3 amide bonds. The highest BCUT2D eigenvalue weighted by atomic mass is 16.6. The van der Waals surface area contributed by atoms with Gasteiger partial charge in [-0.2, -0.15) is 0 Å². The maximum absolute atomic E-state index is 14.0. The lowest BCUT2D eigenvalue weighted by molar-refractivity contribution is -0.142. The Morgan fingerprint density at radius 2 is 1.73 bits per heavy atom. The van der Waals surface area contributed by atoms with E-state index in [2.05, 4.69) is 16.6 Å². The number of carbonyl (C=O) groups is 3. The Hall–Kier alpha value is -4.35. The van der Waals surface area contributed by atoms with Crippen LogP contribution < -0.4 is 10.6 Å². The molecule has 3 aromatic carbocycles. The number of amides is 3. The van der Waals surface area contributed by atoms with Gasteiger partial charge in [0.15, 0.2) is 0 Å². The summed E-state index contributed by atoms with van der Waals surface area (Å²) in [5.74, 6) is 1.69. The van der Waals surface area contributed by atoms with Gasteiger partial charge >= 0.3 is 6.09 Å². The van der Waals surface area contributed by atoms with Crippen molar-refractivity contribution < 1.29 is 24.2 Å². The molecular weight excluding hydrogens is 506 g/mol. The maximum Gasteiger partial charge on any atom is 0.408 e. The Morgan fingerprint density at radius 1 is 1.07 bits per heavy atom. The fourth-order valence-electron chi connectivity index (χ4n) is 4.67. The first-order valence-electron chi connectivity index (χ1n) is 13.3. The molecule has 4 rings (SSSR count). The molecule has 1 saturated carbocycles. The Bertz CT molecular complexity index is 1440. The first-order chi connectivity index (χ1) is 19.0. The fraction of sp³-hybridized carbons (Fsp3) is 0.344. The number of hydrogen-bond donors (Lipinski definition) is 3. The summed E-state index contributed by atoms with van der Waals surface area (Å²) in [4.78, 5) is 41.9. The molecule has 8 heteroatoms. The number of fused-ring (bicyclic) bond motifs is 1. The van der Waals surface area contributed by atoms with Crippen LogP contribution in [0.25, 0.3) is 10.8 Å². The third kappa shape index (κ3) is 6.80. The number of ether oxygens (including phenoxy) is 1. The van der Waals surface area contributed by atoms with Gasteiger partial charge in [0.05, 0.1) is 6.61 Å². The smallest absolute Gasteiger partial charge is 0.408 e. The third-order valence-electron chi connectivity index (χ3n) is 6.79. The minimum Gasteiger partial charge on any atom is -0.444 e. The molecule has 1 fully saturated rings. The minimum atomic E-state index is -1.30. The molecule has 0 bridgehead atoms. The molecule has 3 N–H and O–H groups in total. The van der Waals surface area contributed by atoms with Crippen molar-refractivity contribution in [1.82, 2.24) is 10.2 Å². The van der Waals surface area contributed by atoms with Crippen LogP contribution in [0, 0.1) is 18.3 Å². The lowest BCUT2D eigenvalue weighted by atomic mass is 10.0. The van der Waals surface area contributed by atoms with Crippen molar-refractivity contribution in [2.75, 3.05) is 11.9 Å². The standard InChI is InChI=1S/C32H35N3O5/c1-6-21-11-13-23(14-12-21)28(29(37)33-25-16-15-22-9-7-8-10-24(22)18-25)35(27-17-20(27)2)30(38)26(19-36)34-31(39)40-32(3,4)5/h1,7-16,18,20,26-28,36H,17,19H2,2-5H3,(H,33,37)(H,34,39). The summed E-state index contributed by atoms with van der Waals surface area (Å²) in [5.41, 5.74) is 0.975. The van der Waals surface area contributed by atoms with Gasteiger partial charge in [-0.3, -0.25) is 9.59 Å². The summed E-state index contributed by atoms with van der Waals surface area (Å²) in [6, 6.07) is 17.7. The van der Waals surface area contributed by atoms with Crippen LogP contribution in [0.15, 0.2) is 66.7 Å². The molecule has 0 aliphatic heterocycles. The molecule has 0 spiro atoms. The van der Waals surface area contributed by atoms with Crippen molar-refractivity contribution >= 4 is 34.4 Å². The van der Waals surface area contributed by atoms with Crippen LogP contribution in [0.1, 0.15) is 51.3 Å². The SMILES string of the molecule is C#Cc1ccc(C(C(=O)Nc2ccc3ccccc3c2)N(C(=O)C(CO)NC(=O)OC(C)(C)C)C2CC2C)cc1. The van der Waals surface area contributed by atoms with E-state index in [4.69, 9.17) is 11.2 Å². The predicted molar refractivity (Wildman–Crippen MR) is 154 cm³/mol. The molecule has 3 aromatic rings. The van der Waals surface area contributed by atoms with Crippen LogP contribution in [-0.2, 0) is 14.3 Å². The van der Waals surface area contributed by atoms with E-state index in [1.807, 2.05) is 49.4 Å². The average Bonchev–Trinajstić information content (AvgIpc) is 3.64. The number of hydrogen-bond acceptors (Lipinski definition) is 5. The molecule has 40 heavy (non-hydrogen) atoms. The number of alkyl carbamates (subject to hydrolysis) is 1. The first kappa shape index (κ1) is 28.7. The topological polar surface area (TPSA) is 108 Å². The van der Waals surface area contributed by atoms with E-state index in [-0.39, 0.29) is 12.0 Å². The van der Waals surface area contributed by atoms with Gasteiger partial charge < -0.3 is 25.4 Å². The highest BCUT2D eigenvalue weighted by Gasteiger charge is 2.48. The highest BCUT2D eigenvalue weighted by Crippen LogP contribution is 2.41. The van der Waals surface area contributed by atoms with Gasteiger partial charge in [0.2, 0.25) is 5.91 Å². The fourth-order valence-corrected chi connectivity index (χ4v) is 4.67. The molecular formula is C32H35N3O5. The molecule has 0 aromatic heterocycles. The van der Waals surface area contributed by atoms with Gasteiger partial charge in [-0.25, -0.2) is 4.79 Å². The maximum atomic E-state index is 14.0. The normalized spacial score (nSPS) is 17.7. The molecule has 0 heterocycles. The van der Waals surface area contributed by atoms with Gasteiger partial charge in [0.25, 0.3) is 5.91 Å². The van der Waals surface area contributed by atoms with Crippen molar-refractivity contribution in [2.24, 2.45) is 5.92 Å². The number of nitrogens with one attached hydrogen (secondary N) is 2. The first-order valence-corrected chi connectivity index (χ1v) is 13.3. The van der Waals surface area contributed by atoms with Crippen molar-refractivity contribution in [2.45, 2.75) is 57.8 Å². The van der Waals surface area contributed by atoms with E-state index in [1.165, 1.54) is 4.90 Å². The van der Waals surface area contributed by atoms with E-state index in [9.17, 15) is 19.5 Å². The summed E-state index contributed by atoms with van der Waals surface area (Å²) in [6.45, 7) is 6.43. The Morgan fingerprint density at radius 3 is 2.30 bits per heavy atom. The van der Waals surface area contributed by atoms with E-state index in [1.54, 1.807) is 45.0 Å². The quantitative estimate of drug-likeness (QED) is 0.361. The number of aliphatic hydroxyl groups is 1. The van der Waals surface area contributed by atoms with E-state index >= 15 is 0 Å². The average molecular weight is 542 g/mol. The monoisotopic (exact) mass is 541 g/mol. The Kier molecular flexibility index (Phi) is 8.46. The number of aliphatic hydroxyl groups excluding tert-OH is 1. The number of anilines is 1. The molecule has 0 saturated heterocycles. The van der Waals surface area contributed by atoms with Crippen molar-refractivity contribution in [3.05, 3.63) is 77.9 Å². The lowest BCUT2D eigenvalue weighted by Gasteiger charge is -2.34. The number of nitrogens with zero attached hydrogens (tertiary/aromatic N) is 1. The van der Waals surface area contributed by atoms with Gasteiger partial charge in [-0.05, 0) is 73.7 Å². The van der Waals surface area contributed by atoms with Crippen LogP contribution in [0.2, 0.25) is 0 Å². The van der Waals surface area contributed by atoms with Gasteiger partial charge in [-0.15, -0.1) is 6.42 Å². The second-order valence-electron chi connectivity index (χ2n) is 11.1. The summed E-state index contributed by atoms with van der Waals surface area (Å²) < 4.78 is 5.30. The Balaban J connectivity index is 1.70. The number of terminal acetylenes is 1. The van der Waals surface area contributed by atoms with E-state index in [0.717, 1.165) is 10.8 Å². The number of rotatable bonds is 8. The van der Waals surface area contributed by atoms with Crippen LogP contribution in [0.4, 0.5) is 10.5 Å². The molecule has 8 nitrogen and oxygen atoms in total. The van der Waals surface area contributed by atoms with Gasteiger partial charge in [-0.1, -0.05) is 55.3 Å². The van der Waals surface area contributed by atoms with Gasteiger partial charge in [0, 0.05) is 17.3 Å². The van der Waals surface area contributed by atoms with Crippen molar-refractivity contribution in [3.63, 3.8) is 0 Å².